The zero-order valence-corrected chi connectivity index (χ0v) is 8.88. The maximum Gasteiger partial charge on any atom is 0.271 e. The Labute approximate surface area is 87.4 Å². The van der Waals surface area contributed by atoms with E-state index in [0.29, 0.717) is 3.70 Å². The second-order valence-electron chi connectivity index (χ2n) is 2.26. The van der Waals surface area contributed by atoms with Gasteiger partial charge in [0.2, 0.25) is 5.88 Å². The molecule has 2 N–H and O–H groups in total. The lowest BCUT2D eigenvalue weighted by atomic mass is 10.2. The van der Waals surface area contributed by atoms with Crippen LogP contribution < -0.4 is 10.5 Å². The third-order valence-electron chi connectivity index (χ3n) is 1.44. The van der Waals surface area contributed by atoms with Crippen LogP contribution in [-0.2, 0) is 0 Å². The van der Waals surface area contributed by atoms with Crippen LogP contribution in [0.15, 0.2) is 6.07 Å². The summed E-state index contributed by atoms with van der Waals surface area (Å²) in [5.74, 6) is -0.112. The van der Waals surface area contributed by atoms with E-state index in [1.165, 1.54) is 13.2 Å². The summed E-state index contributed by atoms with van der Waals surface area (Å²) in [6, 6.07) is 1.38. The van der Waals surface area contributed by atoms with Gasteiger partial charge in [0, 0.05) is 5.69 Å². The molecule has 0 spiro atoms. The second-order valence-corrected chi connectivity index (χ2v) is 3.36. The molecule has 0 aliphatic carbocycles. The highest BCUT2D eigenvalue weighted by molar-refractivity contribution is 14.1. The summed E-state index contributed by atoms with van der Waals surface area (Å²) in [5.41, 5.74) is 5.06. The lowest BCUT2D eigenvalue weighted by Gasteiger charge is -2.09. The normalized spacial score (nSPS) is 10.5. The third kappa shape index (κ3) is 2.17. The van der Waals surface area contributed by atoms with Gasteiger partial charge in [0.25, 0.3) is 6.43 Å². The fourth-order valence-corrected chi connectivity index (χ4v) is 1.45. The Morgan fingerprint density at radius 2 is 2.23 bits per heavy atom. The molecule has 0 bridgehead atoms. The Morgan fingerprint density at radius 3 is 2.69 bits per heavy atom. The number of ether oxygens (including phenoxy) is 1. The number of nitrogens with zero attached hydrogens (tertiary/aromatic N) is 1. The van der Waals surface area contributed by atoms with Crippen molar-refractivity contribution in [3.8, 4) is 5.88 Å². The predicted octanol–water partition coefficient (Wildman–Crippen LogP) is 2.21. The molecule has 0 aliphatic heterocycles. The topological polar surface area (TPSA) is 48.1 Å². The summed E-state index contributed by atoms with van der Waals surface area (Å²) in [5, 5.41) is 0. The average molecular weight is 300 g/mol. The van der Waals surface area contributed by atoms with E-state index in [9.17, 15) is 8.78 Å². The molecule has 0 fully saturated rings. The van der Waals surface area contributed by atoms with Crippen molar-refractivity contribution in [1.29, 1.82) is 0 Å². The summed E-state index contributed by atoms with van der Waals surface area (Å²) in [7, 11) is 1.28. The van der Waals surface area contributed by atoms with Crippen molar-refractivity contribution in [2.45, 2.75) is 6.43 Å². The van der Waals surface area contributed by atoms with Crippen molar-refractivity contribution < 1.29 is 13.5 Å². The molecule has 1 heterocycles. The first-order valence-electron chi connectivity index (χ1n) is 3.34. The Morgan fingerprint density at radius 1 is 1.62 bits per heavy atom. The molecule has 6 heteroatoms. The molecule has 3 nitrogen and oxygen atoms in total. The van der Waals surface area contributed by atoms with Crippen LogP contribution >= 0.6 is 22.6 Å². The molecule has 0 atom stereocenters. The Balaban J connectivity index is 3.30. The van der Waals surface area contributed by atoms with Gasteiger partial charge in [-0.15, -0.1) is 0 Å². The van der Waals surface area contributed by atoms with Crippen LogP contribution in [0.4, 0.5) is 14.5 Å². The molecule has 1 aromatic rings. The summed E-state index contributed by atoms with van der Waals surface area (Å²) in [6.07, 6.45) is -2.67. The fraction of sp³-hybridized carbons (Fsp3) is 0.286. The summed E-state index contributed by atoms with van der Waals surface area (Å²) < 4.78 is 30.0. The minimum absolute atomic E-state index is 0.00579. The van der Waals surface area contributed by atoms with Gasteiger partial charge in [-0.2, -0.15) is 0 Å². The molecule has 13 heavy (non-hydrogen) atoms. The van der Waals surface area contributed by atoms with Gasteiger partial charge in [-0.05, 0) is 28.7 Å². The van der Waals surface area contributed by atoms with Gasteiger partial charge < -0.3 is 10.5 Å². The van der Waals surface area contributed by atoms with Crippen molar-refractivity contribution in [1.82, 2.24) is 4.98 Å². The molecule has 0 saturated carbocycles. The first-order valence-corrected chi connectivity index (χ1v) is 4.42. The fourth-order valence-electron chi connectivity index (χ4n) is 0.894. The maximum absolute atomic E-state index is 12.4. The van der Waals surface area contributed by atoms with Crippen molar-refractivity contribution >= 4 is 28.3 Å². The second kappa shape index (κ2) is 4.03. The Bertz CT molecular complexity index is 320. The van der Waals surface area contributed by atoms with Crippen molar-refractivity contribution in [3.05, 3.63) is 15.3 Å². The quantitative estimate of drug-likeness (QED) is 0.673. The van der Waals surface area contributed by atoms with Gasteiger partial charge in [-0.3, -0.25) is 0 Å². The van der Waals surface area contributed by atoms with E-state index in [4.69, 9.17) is 10.5 Å². The number of nitrogens with two attached hydrogens (primary N) is 1. The molecule has 1 aromatic heterocycles. The Hall–Kier alpha value is -0.660. The van der Waals surface area contributed by atoms with Crippen molar-refractivity contribution in [2.24, 2.45) is 0 Å². The van der Waals surface area contributed by atoms with Gasteiger partial charge in [-0.25, -0.2) is 13.8 Å². The van der Waals surface area contributed by atoms with E-state index in [2.05, 4.69) is 4.98 Å². The van der Waals surface area contributed by atoms with E-state index in [1.807, 2.05) is 22.6 Å². The lowest BCUT2D eigenvalue weighted by Crippen LogP contribution is -2.02. The van der Waals surface area contributed by atoms with E-state index in [1.54, 1.807) is 0 Å². The highest BCUT2D eigenvalue weighted by atomic mass is 127. The number of nitrogen functional groups attached to an aromatic ring is 1. The summed E-state index contributed by atoms with van der Waals surface area (Å²) in [4.78, 5) is 3.78. The number of hydrogen-bond acceptors (Lipinski definition) is 3. The Kier molecular flexibility index (Phi) is 3.23. The minimum atomic E-state index is -2.67. The number of anilines is 1. The standard InChI is InChI=1S/C7H7F2IN2O/c1-13-7-5(6(8)9)3(11)2-4(10)12-7/h2,6H,1H3,(H2,11,12). The molecule has 0 unspecified atom stereocenters. The number of hydrogen-bond donors (Lipinski definition) is 1. The van der Waals surface area contributed by atoms with E-state index >= 15 is 0 Å². The third-order valence-corrected chi connectivity index (χ3v) is 1.99. The van der Waals surface area contributed by atoms with E-state index < -0.39 is 6.43 Å². The van der Waals surface area contributed by atoms with Crippen LogP contribution in [0.25, 0.3) is 0 Å². The first-order chi connectivity index (χ1) is 6.06. The SMILES string of the molecule is COc1nc(I)cc(N)c1C(F)F. The van der Waals surface area contributed by atoms with Crippen LogP contribution in [0, 0.1) is 3.70 Å². The van der Waals surface area contributed by atoms with E-state index in [-0.39, 0.29) is 17.1 Å². The summed E-state index contributed by atoms with van der Waals surface area (Å²) in [6.45, 7) is 0. The number of rotatable bonds is 2. The van der Waals surface area contributed by atoms with Crippen LogP contribution in [0.2, 0.25) is 0 Å². The molecule has 0 aromatic carbocycles. The number of halogens is 3. The minimum Gasteiger partial charge on any atom is -0.481 e. The van der Waals surface area contributed by atoms with Gasteiger partial charge in [0.05, 0.1) is 7.11 Å². The highest BCUT2D eigenvalue weighted by Crippen LogP contribution is 2.32. The molecule has 0 aliphatic rings. The largest absolute Gasteiger partial charge is 0.481 e. The number of methoxy groups -OCH3 is 1. The monoisotopic (exact) mass is 300 g/mol. The highest BCUT2D eigenvalue weighted by Gasteiger charge is 2.19. The van der Waals surface area contributed by atoms with Gasteiger partial charge in [-0.1, -0.05) is 0 Å². The molecule has 0 amide bonds. The van der Waals surface area contributed by atoms with Crippen LogP contribution in [0.5, 0.6) is 5.88 Å². The van der Waals surface area contributed by atoms with Crippen molar-refractivity contribution in [3.63, 3.8) is 0 Å². The van der Waals surface area contributed by atoms with Gasteiger partial charge in [0.1, 0.15) is 9.26 Å². The number of alkyl halides is 2. The van der Waals surface area contributed by atoms with Gasteiger partial charge in [0.15, 0.2) is 0 Å². The zero-order chi connectivity index (χ0) is 10.0. The number of aromatic nitrogens is 1. The zero-order valence-electron chi connectivity index (χ0n) is 6.72. The molecular formula is C7H7F2IN2O. The predicted molar refractivity (Wildman–Crippen MR) is 52.9 cm³/mol. The molecule has 0 saturated heterocycles. The maximum atomic E-state index is 12.4. The van der Waals surface area contributed by atoms with Crippen molar-refractivity contribution in [2.75, 3.05) is 12.8 Å². The average Bonchev–Trinajstić information content (AvgIpc) is 2.01. The molecule has 72 valence electrons. The van der Waals surface area contributed by atoms with Crippen LogP contribution in [0.3, 0.4) is 0 Å². The number of pyridine rings is 1. The molecule has 0 radical (unpaired) electrons. The molecule has 1 rings (SSSR count). The van der Waals surface area contributed by atoms with Gasteiger partial charge >= 0.3 is 0 Å². The first kappa shape index (κ1) is 10.4. The van der Waals surface area contributed by atoms with Crippen LogP contribution in [-0.4, -0.2) is 12.1 Å². The van der Waals surface area contributed by atoms with Crippen LogP contribution in [0.1, 0.15) is 12.0 Å². The van der Waals surface area contributed by atoms with E-state index in [0.717, 1.165) is 0 Å². The smallest absolute Gasteiger partial charge is 0.271 e. The molecular weight excluding hydrogens is 293 g/mol. The lowest BCUT2D eigenvalue weighted by molar-refractivity contribution is 0.147. The summed E-state index contributed by atoms with van der Waals surface area (Å²) >= 11 is 1.88.